The fraction of sp³-hybridized carbons (Fsp3) is 0.500. The Bertz CT molecular complexity index is 598. The summed E-state index contributed by atoms with van der Waals surface area (Å²) in [6.07, 6.45) is 2.05. The van der Waals surface area contributed by atoms with Crippen molar-refractivity contribution < 1.29 is 23.7 Å². The maximum absolute atomic E-state index is 5.92. The lowest BCUT2D eigenvalue weighted by atomic mass is 10.1. The molecule has 2 aliphatic rings. The third kappa shape index (κ3) is 3.67. The molecule has 0 radical (unpaired) electrons. The summed E-state index contributed by atoms with van der Waals surface area (Å²) in [5.41, 5.74) is 0.807. The van der Waals surface area contributed by atoms with Crippen LogP contribution in [0.5, 0.6) is 5.75 Å². The summed E-state index contributed by atoms with van der Waals surface area (Å²) in [6.45, 7) is 7.82. The molecule has 3 rings (SSSR count). The van der Waals surface area contributed by atoms with Crippen LogP contribution in [0.1, 0.15) is 13.8 Å². The minimum absolute atomic E-state index is 0.285. The number of hydrogen-bond donors (Lipinski definition) is 0. The van der Waals surface area contributed by atoms with Crippen LogP contribution in [0.4, 0.5) is 5.69 Å². The Balaban J connectivity index is 1.71. The van der Waals surface area contributed by atoms with Crippen molar-refractivity contribution in [1.82, 2.24) is 0 Å². The largest absolute Gasteiger partial charge is 0.497 e. The van der Waals surface area contributed by atoms with Gasteiger partial charge < -0.3 is 23.7 Å². The molecule has 1 aromatic carbocycles. The minimum Gasteiger partial charge on any atom is -0.497 e. The van der Waals surface area contributed by atoms with Crippen LogP contribution < -0.4 is 4.74 Å². The van der Waals surface area contributed by atoms with Crippen LogP contribution in [0.15, 0.2) is 41.9 Å². The van der Waals surface area contributed by atoms with Crippen molar-refractivity contribution in [2.24, 2.45) is 4.99 Å². The summed E-state index contributed by atoms with van der Waals surface area (Å²) in [7, 11) is 1.63. The second-order valence-electron chi connectivity index (χ2n) is 6.13. The highest BCUT2D eigenvalue weighted by Crippen LogP contribution is 2.38. The average molecular weight is 333 g/mol. The lowest BCUT2D eigenvalue weighted by Crippen LogP contribution is -2.37. The first-order chi connectivity index (χ1) is 11.5. The predicted octanol–water partition coefficient (Wildman–Crippen LogP) is 2.85. The number of ether oxygens (including phenoxy) is 5. The van der Waals surface area contributed by atoms with Gasteiger partial charge in [-0.3, -0.25) is 4.99 Å². The number of hydrogen-bond acceptors (Lipinski definition) is 6. The summed E-state index contributed by atoms with van der Waals surface area (Å²) < 4.78 is 28.6. The fourth-order valence-electron chi connectivity index (χ4n) is 2.82. The van der Waals surface area contributed by atoms with Crippen LogP contribution in [0.25, 0.3) is 0 Å². The second kappa shape index (κ2) is 7.03. The van der Waals surface area contributed by atoms with Crippen molar-refractivity contribution in [2.45, 2.75) is 44.2 Å². The SMILES string of the molecule is C=CCO[C@@H]1[C@H]2OC(C)(C)O[C@H]2O[C@@H]1C=Nc1ccc(OC)cc1. The highest BCUT2D eigenvalue weighted by Gasteiger charge is 2.54. The van der Waals surface area contributed by atoms with Crippen LogP contribution in [0, 0.1) is 0 Å². The Hall–Kier alpha value is -1.73. The van der Waals surface area contributed by atoms with Crippen molar-refractivity contribution >= 4 is 11.9 Å². The van der Waals surface area contributed by atoms with E-state index in [0.29, 0.717) is 6.61 Å². The lowest BCUT2D eigenvalue weighted by Gasteiger charge is -2.23. The molecule has 2 fully saturated rings. The topological polar surface area (TPSA) is 58.5 Å². The molecule has 0 aliphatic carbocycles. The molecule has 2 heterocycles. The van der Waals surface area contributed by atoms with E-state index in [2.05, 4.69) is 11.6 Å². The molecule has 6 heteroatoms. The van der Waals surface area contributed by atoms with Crippen LogP contribution in [0.2, 0.25) is 0 Å². The molecule has 0 aromatic heterocycles. The maximum atomic E-state index is 5.92. The molecule has 2 saturated heterocycles. The molecule has 24 heavy (non-hydrogen) atoms. The van der Waals surface area contributed by atoms with Gasteiger partial charge >= 0.3 is 0 Å². The van der Waals surface area contributed by atoms with Crippen LogP contribution in [0.3, 0.4) is 0 Å². The van der Waals surface area contributed by atoms with E-state index < -0.39 is 12.1 Å². The van der Waals surface area contributed by atoms with E-state index in [-0.39, 0.29) is 18.3 Å². The molecule has 0 saturated carbocycles. The molecule has 130 valence electrons. The van der Waals surface area contributed by atoms with Gasteiger partial charge in [0.25, 0.3) is 0 Å². The van der Waals surface area contributed by atoms with Gasteiger partial charge in [-0.2, -0.15) is 0 Å². The smallest absolute Gasteiger partial charge is 0.190 e. The predicted molar refractivity (Wildman–Crippen MR) is 89.8 cm³/mol. The van der Waals surface area contributed by atoms with Crippen molar-refractivity contribution in [1.29, 1.82) is 0 Å². The van der Waals surface area contributed by atoms with Gasteiger partial charge in [-0.1, -0.05) is 6.08 Å². The Morgan fingerprint density at radius 2 is 2.00 bits per heavy atom. The molecule has 4 atom stereocenters. The van der Waals surface area contributed by atoms with Crippen LogP contribution >= 0.6 is 0 Å². The highest BCUT2D eigenvalue weighted by atomic mass is 16.8. The van der Waals surface area contributed by atoms with Gasteiger partial charge in [0.05, 0.1) is 19.4 Å². The van der Waals surface area contributed by atoms with E-state index in [9.17, 15) is 0 Å². The van der Waals surface area contributed by atoms with E-state index in [4.69, 9.17) is 23.7 Å². The van der Waals surface area contributed by atoms with Gasteiger partial charge in [0, 0.05) is 6.21 Å². The first-order valence-electron chi connectivity index (χ1n) is 7.94. The van der Waals surface area contributed by atoms with Crippen LogP contribution in [-0.2, 0) is 18.9 Å². The van der Waals surface area contributed by atoms with Gasteiger partial charge in [0.2, 0.25) is 0 Å². The first-order valence-corrected chi connectivity index (χ1v) is 7.94. The summed E-state index contributed by atoms with van der Waals surface area (Å²) in [5, 5.41) is 0. The van der Waals surface area contributed by atoms with Crippen molar-refractivity contribution in [2.75, 3.05) is 13.7 Å². The zero-order valence-corrected chi connectivity index (χ0v) is 14.2. The van der Waals surface area contributed by atoms with Crippen molar-refractivity contribution in [3.8, 4) is 5.75 Å². The summed E-state index contributed by atoms with van der Waals surface area (Å²) in [6, 6.07) is 7.47. The number of aliphatic imine (C=N–C) groups is 1. The Morgan fingerprint density at radius 1 is 1.25 bits per heavy atom. The number of fused-ring (bicyclic) bond motifs is 1. The molecule has 0 bridgehead atoms. The standard InChI is InChI=1S/C18H23NO5/c1-5-10-21-15-14(22-17-16(15)23-18(2,3)24-17)11-19-12-6-8-13(20-4)9-7-12/h5-9,11,14-17H,1,10H2,2-4H3/t14-,15+,16-,17-/m1/s1. The number of methoxy groups -OCH3 is 1. The lowest BCUT2D eigenvalue weighted by molar-refractivity contribution is -0.208. The summed E-state index contributed by atoms with van der Waals surface area (Å²) >= 11 is 0. The van der Waals surface area contributed by atoms with Gasteiger partial charge in [-0.15, -0.1) is 6.58 Å². The van der Waals surface area contributed by atoms with Gasteiger partial charge in [-0.05, 0) is 38.1 Å². The van der Waals surface area contributed by atoms with Gasteiger partial charge in [0.15, 0.2) is 12.1 Å². The van der Waals surface area contributed by atoms with E-state index in [0.717, 1.165) is 11.4 Å². The van der Waals surface area contributed by atoms with Crippen LogP contribution in [-0.4, -0.2) is 50.3 Å². The normalized spacial score (nSPS) is 31.3. The number of benzene rings is 1. The third-order valence-electron chi connectivity index (χ3n) is 3.88. The molecule has 6 nitrogen and oxygen atoms in total. The molecular formula is C18H23NO5. The molecule has 2 aliphatic heterocycles. The third-order valence-corrected chi connectivity index (χ3v) is 3.88. The molecule has 0 spiro atoms. The average Bonchev–Trinajstić information content (AvgIpc) is 3.03. The van der Waals surface area contributed by atoms with E-state index in [1.165, 1.54) is 0 Å². The zero-order chi connectivity index (χ0) is 17.2. The van der Waals surface area contributed by atoms with E-state index in [1.54, 1.807) is 19.4 Å². The Labute approximate surface area is 142 Å². The molecule has 1 aromatic rings. The van der Waals surface area contributed by atoms with Crippen molar-refractivity contribution in [3.05, 3.63) is 36.9 Å². The van der Waals surface area contributed by atoms with Gasteiger partial charge in [0.1, 0.15) is 24.1 Å². The molecule has 0 unspecified atom stereocenters. The number of rotatable bonds is 6. The molecular weight excluding hydrogens is 310 g/mol. The first kappa shape index (κ1) is 17.1. The Morgan fingerprint density at radius 3 is 2.67 bits per heavy atom. The van der Waals surface area contributed by atoms with Gasteiger partial charge in [-0.25, -0.2) is 0 Å². The Kier molecular flexibility index (Phi) is 5.01. The minimum atomic E-state index is -0.677. The monoisotopic (exact) mass is 333 g/mol. The molecule has 0 N–H and O–H groups in total. The second-order valence-corrected chi connectivity index (χ2v) is 6.13. The number of nitrogens with zero attached hydrogens (tertiary/aromatic N) is 1. The highest BCUT2D eigenvalue weighted by molar-refractivity contribution is 5.69. The summed E-state index contributed by atoms with van der Waals surface area (Å²) in [5.74, 6) is 0.111. The fourth-order valence-corrected chi connectivity index (χ4v) is 2.82. The van der Waals surface area contributed by atoms with E-state index in [1.807, 2.05) is 38.1 Å². The molecule has 0 amide bonds. The quantitative estimate of drug-likeness (QED) is 0.592. The maximum Gasteiger partial charge on any atom is 0.190 e. The van der Waals surface area contributed by atoms with Crippen molar-refractivity contribution in [3.63, 3.8) is 0 Å². The summed E-state index contributed by atoms with van der Waals surface area (Å²) in [4.78, 5) is 4.46. The van der Waals surface area contributed by atoms with E-state index >= 15 is 0 Å². The zero-order valence-electron chi connectivity index (χ0n) is 14.2.